The average Bonchev–Trinajstić information content (AvgIpc) is 2.60. The highest BCUT2D eigenvalue weighted by Crippen LogP contribution is 2.37. The summed E-state index contributed by atoms with van der Waals surface area (Å²) in [7, 11) is -0.0746. The summed E-state index contributed by atoms with van der Waals surface area (Å²) in [5.41, 5.74) is 3.94. The summed E-state index contributed by atoms with van der Waals surface area (Å²) in [5.74, 6) is 1.89. The highest BCUT2D eigenvalue weighted by Gasteiger charge is 2.38. The molecule has 0 N–H and O–H groups in total. The third-order valence-electron chi connectivity index (χ3n) is 5.44. The second-order valence-corrected chi connectivity index (χ2v) is 13.5. The molecule has 0 aliphatic rings. The topological polar surface area (TPSA) is 18.5 Å². The lowest BCUT2D eigenvalue weighted by molar-refractivity contribution is 0.415. The summed E-state index contributed by atoms with van der Waals surface area (Å²) in [6.45, 7) is 13.6. The molecule has 0 spiro atoms. The lowest BCUT2D eigenvalue weighted by atomic mass is 10.0. The molecule has 3 heteroatoms. The van der Waals surface area contributed by atoms with Crippen LogP contribution in [0, 0.1) is 0 Å². The number of rotatable bonds is 7. The van der Waals surface area contributed by atoms with Crippen molar-refractivity contribution in [3.63, 3.8) is 0 Å². The Balaban J connectivity index is 1.93. The van der Waals surface area contributed by atoms with Crippen molar-refractivity contribution in [2.24, 2.45) is 0 Å². The summed E-state index contributed by atoms with van der Waals surface area (Å²) in [4.78, 5) is 0. The van der Waals surface area contributed by atoms with Gasteiger partial charge in [0.1, 0.15) is 11.5 Å². The van der Waals surface area contributed by atoms with Gasteiger partial charge in [-0.25, -0.2) is 0 Å². The first-order valence-electron chi connectivity index (χ1n) is 9.70. The van der Waals surface area contributed by atoms with Crippen molar-refractivity contribution in [3.8, 4) is 11.5 Å². The van der Waals surface area contributed by atoms with Crippen LogP contribution in [0.25, 0.3) is 6.08 Å². The lowest BCUT2D eigenvalue weighted by Crippen LogP contribution is -2.43. The van der Waals surface area contributed by atoms with E-state index in [1.807, 2.05) is 12.1 Å². The average molecular weight is 383 g/mol. The fourth-order valence-corrected chi connectivity index (χ4v) is 3.60. The van der Waals surface area contributed by atoms with E-state index in [1.165, 1.54) is 16.7 Å². The monoisotopic (exact) mass is 382 g/mol. The molecule has 146 valence electrons. The highest BCUT2D eigenvalue weighted by atomic mass is 28.4. The second-order valence-electron chi connectivity index (χ2n) is 8.77. The molecule has 27 heavy (non-hydrogen) atoms. The van der Waals surface area contributed by atoms with Gasteiger partial charge < -0.3 is 9.16 Å². The summed E-state index contributed by atoms with van der Waals surface area (Å²) in [5, 5.41) is 0.217. The molecule has 0 atom stereocenters. The van der Waals surface area contributed by atoms with Gasteiger partial charge in [-0.15, -0.1) is 0 Å². The smallest absolute Gasteiger partial charge is 0.250 e. The molecule has 0 heterocycles. The summed E-state index contributed by atoms with van der Waals surface area (Å²) in [6, 6.07) is 16.8. The van der Waals surface area contributed by atoms with Gasteiger partial charge in [0.2, 0.25) is 8.32 Å². The molecule has 0 unspecified atom stereocenters. The number of hydrogen-bond acceptors (Lipinski definition) is 2. The first-order chi connectivity index (χ1) is 12.6. The Kier molecular flexibility index (Phi) is 6.93. The molecule has 0 amide bonds. The lowest BCUT2D eigenvalue weighted by Gasteiger charge is -2.36. The Bertz CT molecular complexity index is 750. The molecule has 2 rings (SSSR count). The van der Waals surface area contributed by atoms with Gasteiger partial charge in [-0.3, -0.25) is 0 Å². The van der Waals surface area contributed by atoms with Crippen LogP contribution in [-0.4, -0.2) is 15.4 Å². The summed E-state index contributed by atoms with van der Waals surface area (Å²) < 4.78 is 11.6. The van der Waals surface area contributed by atoms with Gasteiger partial charge in [0, 0.05) is 0 Å². The Morgan fingerprint density at radius 1 is 0.926 bits per heavy atom. The third-order valence-corrected chi connectivity index (χ3v) is 9.80. The van der Waals surface area contributed by atoms with E-state index in [-0.39, 0.29) is 5.04 Å². The number of ether oxygens (including phenoxy) is 1. The van der Waals surface area contributed by atoms with Crippen LogP contribution >= 0.6 is 0 Å². The maximum absolute atomic E-state index is 6.36. The SMILES string of the molecule is COc1ccc(C=C(C)CCc2ccc(O[Si](C)(C)C(C)(C)C)cc2)cc1. The van der Waals surface area contributed by atoms with Gasteiger partial charge in [-0.1, -0.05) is 56.7 Å². The molecule has 0 aliphatic heterocycles. The summed E-state index contributed by atoms with van der Waals surface area (Å²) in [6.07, 6.45) is 4.34. The van der Waals surface area contributed by atoms with Crippen molar-refractivity contribution < 1.29 is 9.16 Å². The van der Waals surface area contributed by atoms with Gasteiger partial charge in [0.15, 0.2) is 0 Å². The molecule has 2 nitrogen and oxygen atoms in total. The van der Waals surface area contributed by atoms with Crippen LogP contribution in [0.5, 0.6) is 11.5 Å². The van der Waals surface area contributed by atoms with Crippen LogP contribution in [-0.2, 0) is 6.42 Å². The Morgan fingerprint density at radius 2 is 1.48 bits per heavy atom. The molecule has 0 aromatic heterocycles. The number of benzene rings is 2. The number of allylic oxidation sites excluding steroid dienone is 1. The molecule has 0 bridgehead atoms. The molecule has 2 aromatic rings. The van der Waals surface area contributed by atoms with Crippen LogP contribution in [0.1, 0.15) is 45.2 Å². The second kappa shape index (κ2) is 8.79. The molecule has 0 saturated heterocycles. The van der Waals surface area contributed by atoms with Gasteiger partial charge in [0.25, 0.3) is 0 Å². The largest absolute Gasteiger partial charge is 0.544 e. The fraction of sp³-hybridized carbons (Fsp3) is 0.417. The van der Waals surface area contributed by atoms with E-state index in [0.29, 0.717) is 0 Å². The Morgan fingerprint density at radius 3 is 2.00 bits per heavy atom. The Hall–Kier alpha value is -2.00. The minimum atomic E-state index is -1.77. The van der Waals surface area contributed by atoms with E-state index >= 15 is 0 Å². The molecule has 0 aliphatic carbocycles. The van der Waals surface area contributed by atoms with E-state index in [0.717, 1.165) is 24.3 Å². The van der Waals surface area contributed by atoms with Gasteiger partial charge in [-0.05, 0) is 73.3 Å². The highest BCUT2D eigenvalue weighted by molar-refractivity contribution is 6.74. The van der Waals surface area contributed by atoms with Crippen LogP contribution in [0.4, 0.5) is 0 Å². The van der Waals surface area contributed by atoms with Gasteiger partial charge in [0.05, 0.1) is 7.11 Å². The maximum Gasteiger partial charge on any atom is 0.250 e. The minimum absolute atomic E-state index is 0.217. The van der Waals surface area contributed by atoms with E-state index in [4.69, 9.17) is 9.16 Å². The number of methoxy groups -OCH3 is 1. The zero-order valence-corrected chi connectivity index (χ0v) is 18.9. The van der Waals surface area contributed by atoms with Crippen LogP contribution in [0.2, 0.25) is 18.1 Å². The van der Waals surface area contributed by atoms with Crippen LogP contribution < -0.4 is 9.16 Å². The predicted molar refractivity (Wildman–Crippen MR) is 119 cm³/mol. The molecule has 0 saturated carbocycles. The van der Waals surface area contributed by atoms with E-state index < -0.39 is 8.32 Å². The molecule has 0 radical (unpaired) electrons. The van der Waals surface area contributed by atoms with Crippen molar-refractivity contribution >= 4 is 14.4 Å². The van der Waals surface area contributed by atoms with Gasteiger partial charge >= 0.3 is 0 Å². The van der Waals surface area contributed by atoms with E-state index in [9.17, 15) is 0 Å². The Labute approximate surface area is 166 Å². The zero-order chi connectivity index (χ0) is 20.1. The molecular weight excluding hydrogens is 348 g/mol. The molecular formula is C24H34O2Si. The molecule has 2 aromatic carbocycles. The van der Waals surface area contributed by atoms with Crippen molar-refractivity contribution in [3.05, 3.63) is 65.2 Å². The first-order valence-corrected chi connectivity index (χ1v) is 12.6. The zero-order valence-electron chi connectivity index (χ0n) is 17.9. The molecule has 0 fully saturated rings. The first kappa shape index (κ1) is 21.3. The van der Waals surface area contributed by atoms with Crippen molar-refractivity contribution in [1.29, 1.82) is 0 Å². The van der Waals surface area contributed by atoms with Gasteiger partial charge in [-0.2, -0.15) is 0 Å². The number of aryl methyl sites for hydroxylation is 1. The minimum Gasteiger partial charge on any atom is -0.544 e. The van der Waals surface area contributed by atoms with Crippen molar-refractivity contribution in [2.45, 2.75) is 58.7 Å². The van der Waals surface area contributed by atoms with E-state index in [1.54, 1.807) is 7.11 Å². The summed E-state index contributed by atoms with van der Waals surface area (Å²) >= 11 is 0. The standard InChI is InChI=1S/C24H34O2Si/c1-19(18-21-12-14-22(25-5)15-13-21)8-9-20-10-16-23(17-11-20)26-27(6,7)24(2,3)4/h10-18H,8-9H2,1-7H3. The quantitative estimate of drug-likeness (QED) is 0.475. The normalized spacial score (nSPS) is 12.8. The van der Waals surface area contributed by atoms with Crippen molar-refractivity contribution in [1.82, 2.24) is 0 Å². The van der Waals surface area contributed by atoms with Crippen LogP contribution in [0.15, 0.2) is 54.1 Å². The predicted octanol–water partition coefficient (Wildman–Crippen LogP) is 7.12. The maximum atomic E-state index is 6.36. The third kappa shape index (κ3) is 6.28. The fourth-order valence-electron chi connectivity index (χ4n) is 2.57. The van der Waals surface area contributed by atoms with Crippen molar-refractivity contribution in [2.75, 3.05) is 7.11 Å². The van der Waals surface area contributed by atoms with E-state index in [2.05, 4.69) is 83.3 Å². The van der Waals surface area contributed by atoms with Crippen LogP contribution in [0.3, 0.4) is 0 Å². The number of hydrogen-bond donors (Lipinski definition) is 0.